The van der Waals surface area contributed by atoms with Crippen molar-refractivity contribution in [3.63, 3.8) is 0 Å². The second-order valence-corrected chi connectivity index (χ2v) is 5.69. The maximum atomic E-state index is 13.0. The van der Waals surface area contributed by atoms with Gasteiger partial charge in [-0.1, -0.05) is 12.1 Å². The van der Waals surface area contributed by atoms with Crippen LogP contribution in [0.25, 0.3) is 11.0 Å². The zero-order valence-corrected chi connectivity index (χ0v) is 13.5. The van der Waals surface area contributed by atoms with E-state index in [-0.39, 0.29) is 12.1 Å². The van der Waals surface area contributed by atoms with Crippen molar-refractivity contribution in [3.05, 3.63) is 65.5 Å². The molecule has 0 unspecified atom stereocenters. The van der Waals surface area contributed by atoms with Crippen LogP contribution in [0.2, 0.25) is 0 Å². The van der Waals surface area contributed by atoms with Gasteiger partial charge in [0.1, 0.15) is 5.65 Å². The summed E-state index contributed by atoms with van der Waals surface area (Å²) in [6, 6.07) is 8.52. The Kier molecular flexibility index (Phi) is 4.48. The number of aryl methyl sites for hydroxylation is 1. The minimum Gasteiger partial charge on any atom is -0.352 e. The lowest BCUT2D eigenvalue weighted by Gasteiger charge is -2.12. The van der Waals surface area contributed by atoms with Gasteiger partial charge in [0.2, 0.25) is 0 Å². The third-order valence-corrected chi connectivity index (χ3v) is 3.97. The van der Waals surface area contributed by atoms with Crippen molar-refractivity contribution in [2.45, 2.75) is 12.6 Å². The van der Waals surface area contributed by atoms with Crippen molar-refractivity contribution in [3.8, 4) is 0 Å². The first-order valence-corrected chi connectivity index (χ1v) is 7.71. The van der Waals surface area contributed by atoms with Crippen molar-refractivity contribution in [2.24, 2.45) is 7.05 Å². The highest BCUT2D eigenvalue weighted by atomic mass is 19.4. The molecule has 0 saturated carbocycles. The van der Waals surface area contributed by atoms with Crippen molar-refractivity contribution in [1.29, 1.82) is 0 Å². The number of alkyl halides is 3. The number of aromatic nitrogens is 2. The molecule has 0 spiro atoms. The first-order valence-electron chi connectivity index (χ1n) is 7.71. The molecule has 1 N–H and O–H groups in total. The number of nitrogens with one attached hydrogen (secondary N) is 1. The van der Waals surface area contributed by atoms with Crippen LogP contribution in [0, 0.1) is 0 Å². The lowest BCUT2D eigenvalue weighted by molar-refractivity contribution is -0.137. The number of carbonyl (C=O) groups excluding carboxylic acids is 1. The van der Waals surface area contributed by atoms with Gasteiger partial charge in [0.25, 0.3) is 5.91 Å². The normalized spacial score (nSPS) is 11.7. The fraction of sp³-hybridized carbons (Fsp3) is 0.222. The van der Waals surface area contributed by atoms with E-state index in [9.17, 15) is 18.0 Å². The Labute approximate surface area is 142 Å². The molecule has 0 aliphatic carbocycles. The van der Waals surface area contributed by atoms with Gasteiger partial charge in [-0.25, -0.2) is 4.98 Å². The fourth-order valence-corrected chi connectivity index (χ4v) is 2.83. The quantitative estimate of drug-likeness (QED) is 0.784. The molecule has 0 radical (unpaired) electrons. The van der Waals surface area contributed by atoms with Gasteiger partial charge < -0.3 is 9.88 Å². The molecular formula is C18H16F3N3O. The third kappa shape index (κ3) is 3.50. The number of fused-ring (bicyclic) bond motifs is 1. The van der Waals surface area contributed by atoms with E-state index in [1.807, 2.05) is 29.9 Å². The Hall–Kier alpha value is -2.83. The molecule has 7 heteroatoms. The highest BCUT2D eigenvalue weighted by molar-refractivity contribution is 5.95. The molecule has 0 bridgehead atoms. The van der Waals surface area contributed by atoms with E-state index in [0.29, 0.717) is 6.42 Å². The summed E-state index contributed by atoms with van der Waals surface area (Å²) in [6.07, 6.45) is -0.451. The second-order valence-electron chi connectivity index (χ2n) is 5.69. The first-order chi connectivity index (χ1) is 11.9. The molecule has 0 fully saturated rings. The van der Waals surface area contributed by atoms with Crippen molar-refractivity contribution < 1.29 is 18.0 Å². The summed E-state index contributed by atoms with van der Waals surface area (Å²) >= 11 is 0. The highest BCUT2D eigenvalue weighted by Crippen LogP contribution is 2.31. The van der Waals surface area contributed by atoms with E-state index in [2.05, 4.69) is 10.3 Å². The van der Waals surface area contributed by atoms with Crippen molar-refractivity contribution in [2.75, 3.05) is 6.54 Å². The Morgan fingerprint density at radius 3 is 2.72 bits per heavy atom. The van der Waals surface area contributed by atoms with E-state index in [1.165, 1.54) is 18.2 Å². The monoisotopic (exact) mass is 347 g/mol. The largest absolute Gasteiger partial charge is 0.417 e. The molecule has 1 aromatic carbocycles. The molecule has 1 amide bonds. The van der Waals surface area contributed by atoms with E-state index >= 15 is 0 Å². The molecule has 0 saturated heterocycles. The maximum absolute atomic E-state index is 13.0. The zero-order chi connectivity index (χ0) is 18.0. The summed E-state index contributed by atoms with van der Waals surface area (Å²) in [5.41, 5.74) is 0.512. The van der Waals surface area contributed by atoms with Crippen molar-refractivity contribution >= 4 is 16.9 Å². The standard InChI is InChI=1S/C18H16F3N3O/c1-24-11-12(13-6-4-9-22-16(13)24)8-10-23-17(25)14-5-2-3-7-15(14)18(19,20)21/h2-7,9,11H,8,10H2,1H3,(H,23,25). The van der Waals surface area contributed by atoms with E-state index in [4.69, 9.17) is 0 Å². The summed E-state index contributed by atoms with van der Waals surface area (Å²) in [5.74, 6) is -0.730. The number of halogens is 3. The van der Waals surface area contributed by atoms with Gasteiger partial charge in [-0.15, -0.1) is 0 Å². The van der Waals surface area contributed by atoms with Crippen LogP contribution in [0.15, 0.2) is 48.8 Å². The second kappa shape index (κ2) is 6.58. The number of carbonyl (C=O) groups is 1. The maximum Gasteiger partial charge on any atom is 0.417 e. The first kappa shape index (κ1) is 17.0. The van der Waals surface area contributed by atoms with E-state index < -0.39 is 17.6 Å². The van der Waals surface area contributed by atoms with Gasteiger partial charge in [-0.3, -0.25) is 4.79 Å². The Morgan fingerprint density at radius 2 is 1.96 bits per heavy atom. The average molecular weight is 347 g/mol. The van der Waals surface area contributed by atoms with Gasteiger partial charge in [0.15, 0.2) is 0 Å². The van der Waals surface area contributed by atoms with Crippen LogP contribution in [-0.4, -0.2) is 22.0 Å². The number of nitrogens with zero attached hydrogens (tertiary/aromatic N) is 2. The molecule has 2 aromatic heterocycles. The number of hydrogen-bond acceptors (Lipinski definition) is 2. The molecule has 2 heterocycles. The topological polar surface area (TPSA) is 46.9 Å². The zero-order valence-electron chi connectivity index (χ0n) is 13.5. The molecular weight excluding hydrogens is 331 g/mol. The Morgan fingerprint density at radius 1 is 1.20 bits per heavy atom. The molecule has 0 aliphatic rings. The van der Waals surface area contributed by atoms with Gasteiger partial charge in [0.05, 0.1) is 11.1 Å². The van der Waals surface area contributed by atoms with Crippen LogP contribution in [0.3, 0.4) is 0 Å². The van der Waals surface area contributed by atoms with Crippen LogP contribution in [0.4, 0.5) is 13.2 Å². The van der Waals surface area contributed by atoms with Crippen LogP contribution in [-0.2, 0) is 19.6 Å². The molecule has 0 atom stereocenters. The smallest absolute Gasteiger partial charge is 0.352 e. The van der Waals surface area contributed by atoms with Gasteiger partial charge in [0, 0.05) is 31.4 Å². The predicted molar refractivity (Wildman–Crippen MR) is 88.2 cm³/mol. The number of hydrogen-bond donors (Lipinski definition) is 1. The van der Waals surface area contributed by atoms with Crippen LogP contribution in [0.5, 0.6) is 0 Å². The lowest BCUT2D eigenvalue weighted by atomic mass is 10.1. The predicted octanol–water partition coefficient (Wildman–Crippen LogP) is 3.56. The molecule has 4 nitrogen and oxygen atoms in total. The summed E-state index contributed by atoms with van der Waals surface area (Å²) in [5, 5.41) is 3.53. The summed E-state index contributed by atoms with van der Waals surface area (Å²) in [4.78, 5) is 16.4. The number of amides is 1. The molecule has 0 aliphatic heterocycles. The van der Waals surface area contributed by atoms with E-state index in [0.717, 1.165) is 22.7 Å². The molecule has 25 heavy (non-hydrogen) atoms. The molecule has 3 rings (SSSR count). The summed E-state index contributed by atoms with van der Waals surface area (Å²) in [7, 11) is 1.87. The molecule has 3 aromatic rings. The van der Waals surface area contributed by atoms with Crippen LogP contribution < -0.4 is 5.32 Å². The van der Waals surface area contributed by atoms with Gasteiger partial charge in [-0.05, 0) is 36.2 Å². The van der Waals surface area contributed by atoms with Gasteiger partial charge >= 0.3 is 6.18 Å². The third-order valence-electron chi connectivity index (χ3n) is 3.97. The average Bonchev–Trinajstić information content (AvgIpc) is 2.91. The Bertz CT molecular complexity index is 915. The number of rotatable bonds is 4. The van der Waals surface area contributed by atoms with Crippen molar-refractivity contribution in [1.82, 2.24) is 14.9 Å². The summed E-state index contributed by atoms with van der Waals surface area (Å²) in [6.45, 7) is 0.235. The fourth-order valence-electron chi connectivity index (χ4n) is 2.83. The minimum absolute atomic E-state index is 0.235. The molecule has 130 valence electrons. The highest BCUT2D eigenvalue weighted by Gasteiger charge is 2.34. The summed E-state index contributed by atoms with van der Waals surface area (Å²) < 4.78 is 40.8. The lowest BCUT2D eigenvalue weighted by Crippen LogP contribution is -2.28. The number of pyridine rings is 1. The SMILES string of the molecule is Cn1cc(CCNC(=O)c2ccccc2C(F)(F)F)c2cccnc21. The Balaban J connectivity index is 1.71. The minimum atomic E-state index is -4.56. The number of benzene rings is 1. The van der Waals surface area contributed by atoms with Crippen LogP contribution in [0.1, 0.15) is 21.5 Å². The van der Waals surface area contributed by atoms with Crippen LogP contribution >= 0.6 is 0 Å². The van der Waals surface area contributed by atoms with Gasteiger partial charge in [-0.2, -0.15) is 13.2 Å². The van der Waals surface area contributed by atoms with E-state index in [1.54, 1.807) is 6.20 Å².